The molecule has 0 aromatic heterocycles. The Labute approximate surface area is 112 Å². The highest BCUT2D eigenvalue weighted by molar-refractivity contribution is 5.22. The number of likely N-dealkylation sites (N-methyl/N-ethyl adjacent to an activating group) is 1. The molecule has 102 valence electrons. The summed E-state index contributed by atoms with van der Waals surface area (Å²) in [5.74, 6) is 0. The van der Waals surface area contributed by atoms with Crippen LogP contribution in [0.3, 0.4) is 0 Å². The molecule has 18 heavy (non-hydrogen) atoms. The van der Waals surface area contributed by atoms with E-state index < -0.39 is 0 Å². The summed E-state index contributed by atoms with van der Waals surface area (Å²) in [6, 6.07) is 9.74. The lowest BCUT2D eigenvalue weighted by Gasteiger charge is -2.27. The molecule has 1 rings (SSSR count). The molecule has 0 heterocycles. The summed E-state index contributed by atoms with van der Waals surface area (Å²) < 4.78 is 0. The lowest BCUT2D eigenvalue weighted by Crippen LogP contribution is -2.31. The van der Waals surface area contributed by atoms with Gasteiger partial charge >= 0.3 is 0 Å². The highest BCUT2D eigenvalue weighted by atomic mass is 15.1. The Morgan fingerprint density at radius 1 is 1.11 bits per heavy atom. The maximum Gasteiger partial charge on any atom is 0.0236 e. The molecular formula is C16H28N2. The van der Waals surface area contributed by atoms with Crippen LogP contribution in [0.15, 0.2) is 24.3 Å². The first-order valence-electron chi connectivity index (χ1n) is 7.17. The predicted molar refractivity (Wildman–Crippen MR) is 79.9 cm³/mol. The van der Waals surface area contributed by atoms with Gasteiger partial charge in [0.15, 0.2) is 0 Å². The second-order valence-electron chi connectivity index (χ2n) is 4.99. The zero-order chi connectivity index (χ0) is 13.4. The Morgan fingerprint density at radius 3 is 2.22 bits per heavy atom. The van der Waals surface area contributed by atoms with Gasteiger partial charge in [-0.15, -0.1) is 0 Å². The molecule has 0 aliphatic carbocycles. The normalized spacial score (nSPS) is 12.9. The van der Waals surface area contributed by atoms with Gasteiger partial charge in [-0.3, -0.25) is 4.90 Å². The van der Waals surface area contributed by atoms with Gasteiger partial charge in [0.1, 0.15) is 0 Å². The molecule has 1 aromatic rings. The maximum atomic E-state index is 3.19. The molecule has 1 aromatic carbocycles. The topological polar surface area (TPSA) is 15.3 Å². The van der Waals surface area contributed by atoms with E-state index >= 15 is 0 Å². The number of rotatable bonds is 8. The summed E-state index contributed by atoms with van der Waals surface area (Å²) in [5.41, 5.74) is 2.84. The Morgan fingerprint density at radius 2 is 1.72 bits per heavy atom. The van der Waals surface area contributed by atoms with Crippen LogP contribution in [-0.2, 0) is 13.0 Å². The molecule has 0 bridgehead atoms. The van der Waals surface area contributed by atoms with Crippen molar-refractivity contribution in [1.29, 1.82) is 0 Å². The van der Waals surface area contributed by atoms with Crippen LogP contribution in [0.1, 0.15) is 38.3 Å². The molecular weight excluding hydrogens is 220 g/mol. The van der Waals surface area contributed by atoms with Crippen molar-refractivity contribution in [3.05, 3.63) is 35.4 Å². The summed E-state index contributed by atoms with van der Waals surface area (Å²) in [7, 11) is 2.00. The average Bonchev–Trinajstić information content (AvgIpc) is 2.43. The molecule has 2 nitrogen and oxygen atoms in total. The Hall–Kier alpha value is -0.860. The SMILES string of the molecule is CCC(C)N(CC)Cc1ccc(CCNC)cc1. The van der Waals surface area contributed by atoms with E-state index in [9.17, 15) is 0 Å². The summed E-state index contributed by atoms with van der Waals surface area (Å²) >= 11 is 0. The maximum absolute atomic E-state index is 3.19. The quantitative estimate of drug-likeness (QED) is 0.760. The molecule has 0 saturated heterocycles. The van der Waals surface area contributed by atoms with Gasteiger partial charge < -0.3 is 5.32 Å². The Bertz CT molecular complexity index is 318. The molecule has 1 atom stereocenters. The molecule has 0 radical (unpaired) electrons. The minimum atomic E-state index is 0.666. The highest BCUT2D eigenvalue weighted by Crippen LogP contribution is 2.11. The van der Waals surface area contributed by atoms with Crippen LogP contribution >= 0.6 is 0 Å². The standard InChI is InChI=1S/C16H28N2/c1-5-14(3)18(6-2)13-16-9-7-15(8-10-16)11-12-17-4/h7-10,14,17H,5-6,11-13H2,1-4H3. The third kappa shape index (κ3) is 4.79. The van der Waals surface area contributed by atoms with Gasteiger partial charge in [0.05, 0.1) is 0 Å². The fourth-order valence-corrected chi connectivity index (χ4v) is 2.15. The van der Waals surface area contributed by atoms with E-state index in [0.29, 0.717) is 6.04 Å². The van der Waals surface area contributed by atoms with Crippen molar-refractivity contribution >= 4 is 0 Å². The van der Waals surface area contributed by atoms with E-state index in [2.05, 4.69) is 55.3 Å². The molecule has 0 amide bonds. The van der Waals surface area contributed by atoms with Crippen molar-refractivity contribution in [3.8, 4) is 0 Å². The summed E-state index contributed by atoms with van der Waals surface area (Å²) in [6.07, 6.45) is 2.33. The number of nitrogens with zero attached hydrogens (tertiary/aromatic N) is 1. The van der Waals surface area contributed by atoms with Crippen molar-refractivity contribution < 1.29 is 0 Å². The predicted octanol–water partition coefficient (Wildman–Crippen LogP) is 3.07. The van der Waals surface area contributed by atoms with Crippen LogP contribution in [0.2, 0.25) is 0 Å². The van der Waals surface area contributed by atoms with Crippen molar-refractivity contribution in [2.75, 3.05) is 20.1 Å². The van der Waals surface area contributed by atoms with Crippen LogP contribution in [-0.4, -0.2) is 31.1 Å². The number of nitrogens with one attached hydrogen (secondary N) is 1. The summed E-state index contributed by atoms with van der Waals surface area (Å²) in [5, 5.41) is 3.19. The van der Waals surface area contributed by atoms with E-state index in [0.717, 1.165) is 26.1 Å². The van der Waals surface area contributed by atoms with Crippen LogP contribution < -0.4 is 5.32 Å². The van der Waals surface area contributed by atoms with E-state index in [1.807, 2.05) is 7.05 Å². The van der Waals surface area contributed by atoms with E-state index in [-0.39, 0.29) is 0 Å². The lowest BCUT2D eigenvalue weighted by atomic mass is 10.1. The van der Waals surface area contributed by atoms with Gasteiger partial charge in [-0.1, -0.05) is 38.1 Å². The Kier molecular flexibility index (Phi) is 6.99. The molecule has 1 unspecified atom stereocenters. The van der Waals surface area contributed by atoms with Gasteiger partial charge in [-0.25, -0.2) is 0 Å². The zero-order valence-electron chi connectivity index (χ0n) is 12.4. The van der Waals surface area contributed by atoms with Crippen molar-refractivity contribution in [1.82, 2.24) is 10.2 Å². The Balaban J connectivity index is 2.56. The molecule has 0 saturated carbocycles. The van der Waals surface area contributed by atoms with Crippen molar-refractivity contribution in [3.63, 3.8) is 0 Å². The van der Waals surface area contributed by atoms with Crippen LogP contribution in [0, 0.1) is 0 Å². The van der Waals surface area contributed by atoms with Gasteiger partial charge in [-0.05, 0) is 51.0 Å². The zero-order valence-corrected chi connectivity index (χ0v) is 12.4. The first-order chi connectivity index (χ1) is 8.71. The fourth-order valence-electron chi connectivity index (χ4n) is 2.15. The fraction of sp³-hybridized carbons (Fsp3) is 0.625. The second kappa shape index (κ2) is 8.28. The number of hydrogen-bond acceptors (Lipinski definition) is 2. The largest absolute Gasteiger partial charge is 0.319 e. The van der Waals surface area contributed by atoms with Crippen molar-refractivity contribution in [2.24, 2.45) is 0 Å². The molecule has 0 aliphatic rings. The van der Waals surface area contributed by atoms with Gasteiger partial charge in [0.25, 0.3) is 0 Å². The lowest BCUT2D eigenvalue weighted by molar-refractivity contribution is 0.206. The number of benzene rings is 1. The van der Waals surface area contributed by atoms with E-state index in [4.69, 9.17) is 0 Å². The smallest absolute Gasteiger partial charge is 0.0236 e. The monoisotopic (exact) mass is 248 g/mol. The average molecular weight is 248 g/mol. The first-order valence-corrected chi connectivity index (χ1v) is 7.17. The molecule has 2 heteroatoms. The minimum absolute atomic E-state index is 0.666. The third-order valence-corrected chi connectivity index (χ3v) is 3.69. The third-order valence-electron chi connectivity index (χ3n) is 3.69. The highest BCUT2D eigenvalue weighted by Gasteiger charge is 2.10. The van der Waals surface area contributed by atoms with E-state index in [1.54, 1.807) is 0 Å². The molecule has 0 aliphatic heterocycles. The molecule has 0 fully saturated rings. The first kappa shape index (κ1) is 15.2. The van der Waals surface area contributed by atoms with Crippen LogP contribution in [0.25, 0.3) is 0 Å². The van der Waals surface area contributed by atoms with Gasteiger partial charge in [0.2, 0.25) is 0 Å². The number of hydrogen-bond donors (Lipinski definition) is 1. The molecule has 1 N–H and O–H groups in total. The second-order valence-corrected chi connectivity index (χ2v) is 4.99. The summed E-state index contributed by atoms with van der Waals surface area (Å²) in [6.45, 7) is 10.0. The van der Waals surface area contributed by atoms with Gasteiger partial charge in [0, 0.05) is 12.6 Å². The molecule has 0 spiro atoms. The van der Waals surface area contributed by atoms with Crippen molar-refractivity contribution in [2.45, 2.75) is 46.2 Å². The van der Waals surface area contributed by atoms with E-state index in [1.165, 1.54) is 17.5 Å². The minimum Gasteiger partial charge on any atom is -0.319 e. The summed E-state index contributed by atoms with van der Waals surface area (Å²) in [4.78, 5) is 2.53. The van der Waals surface area contributed by atoms with Crippen LogP contribution in [0.4, 0.5) is 0 Å². The van der Waals surface area contributed by atoms with Gasteiger partial charge in [-0.2, -0.15) is 0 Å². The van der Waals surface area contributed by atoms with Crippen LogP contribution in [0.5, 0.6) is 0 Å².